The maximum atomic E-state index is 11.6. The van der Waals surface area contributed by atoms with Crippen molar-refractivity contribution in [1.29, 1.82) is 0 Å². The van der Waals surface area contributed by atoms with Crippen LogP contribution in [0.2, 0.25) is 0 Å². The highest BCUT2D eigenvalue weighted by Crippen LogP contribution is 2.01. The van der Waals surface area contributed by atoms with Crippen LogP contribution in [-0.4, -0.2) is 26.5 Å². The zero-order valence-electron chi connectivity index (χ0n) is 10.3. The molecule has 1 N–H and O–H groups in total. The van der Waals surface area contributed by atoms with Crippen LogP contribution in [0, 0.1) is 0 Å². The quantitative estimate of drug-likeness (QED) is 0.689. The lowest BCUT2D eigenvalue weighted by atomic mass is 10.3. The van der Waals surface area contributed by atoms with E-state index >= 15 is 0 Å². The van der Waals surface area contributed by atoms with E-state index in [2.05, 4.69) is 12.2 Å². The van der Waals surface area contributed by atoms with Crippen molar-refractivity contribution in [3.8, 4) is 0 Å². The van der Waals surface area contributed by atoms with Gasteiger partial charge in [-0.15, -0.1) is 0 Å². The highest BCUT2D eigenvalue weighted by atomic mass is 32.2. The first kappa shape index (κ1) is 14.3. The molecule has 0 spiro atoms. The van der Waals surface area contributed by atoms with E-state index in [0.717, 1.165) is 24.8 Å². The molecular formula is C12H21NO3S. The molecule has 0 radical (unpaired) electrons. The fourth-order valence-corrected chi connectivity index (χ4v) is 2.83. The van der Waals surface area contributed by atoms with E-state index in [0.29, 0.717) is 18.8 Å². The Morgan fingerprint density at radius 3 is 2.76 bits per heavy atom. The molecule has 4 nitrogen and oxygen atoms in total. The van der Waals surface area contributed by atoms with E-state index in [4.69, 9.17) is 4.42 Å². The molecule has 0 fully saturated rings. The standard InChI is InChI=1S/C12H21NO3S/c1-2-3-4-8-17(14,15)9-6-13-10-12-5-7-16-11-12/h5,7,11,13H,2-4,6,8-10H2,1H3. The predicted molar refractivity (Wildman–Crippen MR) is 68.6 cm³/mol. The number of unbranched alkanes of at least 4 members (excludes halogenated alkanes) is 2. The van der Waals surface area contributed by atoms with E-state index in [9.17, 15) is 8.42 Å². The summed E-state index contributed by atoms with van der Waals surface area (Å²) < 4.78 is 28.1. The van der Waals surface area contributed by atoms with Crippen molar-refractivity contribution >= 4 is 9.84 Å². The van der Waals surface area contributed by atoms with Gasteiger partial charge in [0.05, 0.1) is 24.0 Å². The summed E-state index contributed by atoms with van der Waals surface area (Å²) in [5.74, 6) is 0.531. The van der Waals surface area contributed by atoms with Gasteiger partial charge in [-0.1, -0.05) is 19.8 Å². The molecule has 17 heavy (non-hydrogen) atoms. The summed E-state index contributed by atoms with van der Waals surface area (Å²) in [4.78, 5) is 0. The van der Waals surface area contributed by atoms with Gasteiger partial charge in [0.15, 0.2) is 9.84 Å². The smallest absolute Gasteiger partial charge is 0.151 e. The number of nitrogens with one attached hydrogen (secondary N) is 1. The van der Waals surface area contributed by atoms with Gasteiger partial charge in [0.25, 0.3) is 0 Å². The Hall–Kier alpha value is -0.810. The van der Waals surface area contributed by atoms with Gasteiger partial charge in [-0.3, -0.25) is 0 Å². The lowest BCUT2D eigenvalue weighted by molar-refractivity contribution is 0.560. The lowest BCUT2D eigenvalue weighted by Crippen LogP contribution is -2.24. The van der Waals surface area contributed by atoms with Gasteiger partial charge in [0.1, 0.15) is 0 Å². The van der Waals surface area contributed by atoms with Crippen LogP contribution in [0.15, 0.2) is 23.0 Å². The minimum atomic E-state index is -2.88. The zero-order valence-corrected chi connectivity index (χ0v) is 11.1. The maximum Gasteiger partial charge on any atom is 0.151 e. The third kappa shape index (κ3) is 6.48. The number of hydrogen-bond acceptors (Lipinski definition) is 4. The van der Waals surface area contributed by atoms with Gasteiger partial charge in [0, 0.05) is 18.7 Å². The first-order valence-corrected chi connectivity index (χ1v) is 7.88. The normalized spacial score (nSPS) is 11.8. The summed E-state index contributed by atoms with van der Waals surface area (Å²) in [6.45, 7) is 3.22. The van der Waals surface area contributed by atoms with E-state index in [1.807, 2.05) is 6.07 Å². The highest BCUT2D eigenvalue weighted by molar-refractivity contribution is 7.91. The summed E-state index contributed by atoms with van der Waals surface area (Å²) in [5, 5.41) is 3.10. The van der Waals surface area contributed by atoms with Crippen LogP contribution in [0.3, 0.4) is 0 Å². The molecule has 0 bridgehead atoms. The molecule has 0 aromatic carbocycles. The second-order valence-electron chi connectivity index (χ2n) is 4.17. The van der Waals surface area contributed by atoms with Crippen molar-refractivity contribution in [1.82, 2.24) is 5.32 Å². The van der Waals surface area contributed by atoms with Crippen LogP contribution in [0.25, 0.3) is 0 Å². The van der Waals surface area contributed by atoms with Crippen LogP contribution < -0.4 is 5.32 Å². The van der Waals surface area contributed by atoms with Crippen LogP contribution >= 0.6 is 0 Å². The van der Waals surface area contributed by atoms with E-state index in [1.54, 1.807) is 12.5 Å². The topological polar surface area (TPSA) is 59.3 Å². The van der Waals surface area contributed by atoms with Gasteiger partial charge in [-0.05, 0) is 12.5 Å². The molecule has 0 saturated carbocycles. The molecule has 0 aliphatic rings. The molecule has 1 rings (SSSR count). The Bertz CT molecular complexity index is 384. The molecule has 1 aromatic rings. The van der Waals surface area contributed by atoms with Crippen molar-refractivity contribution in [2.45, 2.75) is 32.7 Å². The third-order valence-corrected chi connectivity index (χ3v) is 4.29. The molecule has 0 aliphatic heterocycles. The molecule has 1 aromatic heterocycles. The SMILES string of the molecule is CCCCCS(=O)(=O)CCNCc1ccoc1. The average Bonchev–Trinajstić information content (AvgIpc) is 2.77. The van der Waals surface area contributed by atoms with Crippen molar-refractivity contribution in [3.05, 3.63) is 24.2 Å². The van der Waals surface area contributed by atoms with Crippen molar-refractivity contribution in [2.24, 2.45) is 0 Å². The lowest BCUT2D eigenvalue weighted by Gasteiger charge is -2.05. The van der Waals surface area contributed by atoms with Crippen molar-refractivity contribution in [2.75, 3.05) is 18.1 Å². The van der Waals surface area contributed by atoms with Gasteiger partial charge in [-0.25, -0.2) is 8.42 Å². The Morgan fingerprint density at radius 2 is 2.12 bits per heavy atom. The van der Waals surface area contributed by atoms with E-state index < -0.39 is 9.84 Å². The average molecular weight is 259 g/mol. The van der Waals surface area contributed by atoms with Crippen molar-refractivity contribution < 1.29 is 12.8 Å². The largest absolute Gasteiger partial charge is 0.472 e. The summed E-state index contributed by atoms with van der Waals surface area (Å²) in [6.07, 6.45) is 6.08. The maximum absolute atomic E-state index is 11.6. The van der Waals surface area contributed by atoms with Crippen LogP contribution in [0.1, 0.15) is 31.7 Å². The number of hydrogen-bond donors (Lipinski definition) is 1. The molecule has 5 heteroatoms. The second kappa shape index (κ2) is 7.50. The summed E-state index contributed by atoms with van der Waals surface area (Å²) in [7, 11) is -2.88. The number of sulfone groups is 1. The van der Waals surface area contributed by atoms with Crippen LogP contribution in [0.5, 0.6) is 0 Å². The fraction of sp³-hybridized carbons (Fsp3) is 0.667. The van der Waals surface area contributed by atoms with Crippen LogP contribution in [0.4, 0.5) is 0 Å². The molecule has 0 atom stereocenters. The van der Waals surface area contributed by atoms with Crippen LogP contribution in [-0.2, 0) is 16.4 Å². The summed E-state index contributed by atoms with van der Waals surface area (Å²) >= 11 is 0. The minimum Gasteiger partial charge on any atom is -0.472 e. The molecule has 0 saturated heterocycles. The Kier molecular flexibility index (Phi) is 6.29. The summed E-state index contributed by atoms with van der Waals surface area (Å²) in [6, 6.07) is 1.86. The zero-order chi connectivity index (χ0) is 12.6. The van der Waals surface area contributed by atoms with Crippen molar-refractivity contribution in [3.63, 3.8) is 0 Å². The second-order valence-corrected chi connectivity index (χ2v) is 6.47. The first-order chi connectivity index (χ1) is 8.14. The van der Waals surface area contributed by atoms with Gasteiger partial charge in [-0.2, -0.15) is 0 Å². The monoisotopic (exact) mass is 259 g/mol. The third-order valence-electron chi connectivity index (χ3n) is 2.56. The molecule has 1 heterocycles. The molecular weight excluding hydrogens is 238 g/mol. The Labute approximate surface area is 103 Å². The molecule has 0 amide bonds. The Balaban J connectivity index is 2.12. The van der Waals surface area contributed by atoms with E-state index in [-0.39, 0.29) is 5.75 Å². The minimum absolute atomic E-state index is 0.217. The number of furan rings is 1. The van der Waals surface area contributed by atoms with Gasteiger partial charge in [0.2, 0.25) is 0 Å². The molecule has 0 aliphatic carbocycles. The summed E-state index contributed by atoms with van der Waals surface area (Å²) in [5.41, 5.74) is 1.04. The van der Waals surface area contributed by atoms with Gasteiger partial charge >= 0.3 is 0 Å². The molecule has 0 unspecified atom stereocenters. The Morgan fingerprint density at radius 1 is 1.29 bits per heavy atom. The fourth-order valence-electron chi connectivity index (χ4n) is 1.53. The molecule has 98 valence electrons. The first-order valence-electron chi connectivity index (χ1n) is 6.06. The highest BCUT2D eigenvalue weighted by Gasteiger charge is 2.09. The number of rotatable bonds is 9. The van der Waals surface area contributed by atoms with Gasteiger partial charge < -0.3 is 9.73 Å². The van der Waals surface area contributed by atoms with E-state index in [1.165, 1.54) is 0 Å². The predicted octanol–water partition coefficient (Wildman–Crippen LogP) is 1.97.